The van der Waals surface area contributed by atoms with Gasteiger partial charge in [0.25, 0.3) is 12.3 Å². The van der Waals surface area contributed by atoms with Crippen LogP contribution in [0.25, 0.3) is 21.9 Å². The van der Waals surface area contributed by atoms with Gasteiger partial charge in [-0.25, -0.2) is 22.9 Å². The van der Waals surface area contributed by atoms with Crippen molar-refractivity contribution in [2.45, 2.75) is 76.6 Å². The van der Waals surface area contributed by atoms with E-state index in [2.05, 4.69) is 30.5 Å². The molecular formula is C41H46F3N9O4. The highest BCUT2D eigenvalue weighted by Crippen LogP contribution is 2.36. The molecule has 2 N–H and O–H groups in total. The van der Waals surface area contributed by atoms with Crippen LogP contribution in [0.5, 0.6) is 0 Å². The topological polar surface area (TPSA) is 139 Å². The smallest absolute Gasteiger partial charge is 0.329 e. The molecule has 16 heteroatoms. The molecule has 1 saturated carbocycles. The molecule has 13 nitrogen and oxygen atoms in total. The highest BCUT2D eigenvalue weighted by Gasteiger charge is 2.32. The van der Waals surface area contributed by atoms with E-state index in [0.29, 0.717) is 28.8 Å². The van der Waals surface area contributed by atoms with E-state index >= 15 is 0 Å². The number of nitrogens with zero attached hydrogens (tertiary/aromatic N) is 7. The Hall–Kier alpha value is -5.51. The Morgan fingerprint density at radius 1 is 0.965 bits per heavy atom. The van der Waals surface area contributed by atoms with Crippen molar-refractivity contribution in [3.63, 3.8) is 0 Å². The molecule has 3 aromatic heterocycles. The number of carbonyl (C=O) groups is 3. The van der Waals surface area contributed by atoms with Crippen LogP contribution in [0, 0.1) is 5.92 Å². The zero-order valence-corrected chi connectivity index (χ0v) is 32.2. The summed E-state index contributed by atoms with van der Waals surface area (Å²) in [6.45, 7) is 7.13. The molecule has 5 aromatic rings. The van der Waals surface area contributed by atoms with Crippen molar-refractivity contribution in [1.82, 2.24) is 34.1 Å². The Labute approximate surface area is 326 Å². The molecule has 1 aliphatic carbocycles. The number of anilines is 2. The second-order valence-electron chi connectivity index (χ2n) is 16.1. The molecule has 8 rings (SSSR count). The average Bonchev–Trinajstić information content (AvgIpc) is 3.71. The zero-order valence-electron chi connectivity index (χ0n) is 32.2. The number of pyridine rings is 1. The number of aromatic nitrogens is 5. The number of piperidine rings is 1. The molecule has 1 unspecified atom stereocenters. The van der Waals surface area contributed by atoms with Crippen molar-refractivity contribution >= 4 is 51.0 Å². The van der Waals surface area contributed by atoms with Crippen LogP contribution in [-0.4, -0.2) is 79.2 Å². The number of aryl methyl sites for hydroxylation is 1. The van der Waals surface area contributed by atoms with Crippen molar-refractivity contribution in [1.29, 1.82) is 0 Å². The summed E-state index contributed by atoms with van der Waals surface area (Å²) in [6.07, 6.45) is 3.34. The third kappa shape index (κ3) is 7.66. The predicted molar refractivity (Wildman–Crippen MR) is 209 cm³/mol. The summed E-state index contributed by atoms with van der Waals surface area (Å²) in [5.41, 5.74) is 0.429. The predicted octanol–water partition coefficient (Wildman–Crippen LogP) is 6.01. The lowest BCUT2D eigenvalue weighted by Gasteiger charge is -2.39. The van der Waals surface area contributed by atoms with Crippen molar-refractivity contribution in [3.05, 3.63) is 82.2 Å². The summed E-state index contributed by atoms with van der Waals surface area (Å²) in [7, 11) is 1.71. The van der Waals surface area contributed by atoms with Gasteiger partial charge in [-0.1, -0.05) is 6.07 Å². The SMILES string of the molecule is Cn1c(=O)n(C2CCC(=O)NC2=O)c2ccc(N3CCN(CC4CCC(n5cc6cc(NC(=O)c7cccc(C(C)(C)F)n7)c(C(F)F)cc6n5)CC4)CC3)cc21. The van der Waals surface area contributed by atoms with Gasteiger partial charge < -0.3 is 10.2 Å². The number of carbonyl (C=O) groups excluding carboxylic acids is 3. The second-order valence-corrected chi connectivity index (χ2v) is 16.1. The first kappa shape index (κ1) is 38.4. The van der Waals surface area contributed by atoms with E-state index in [9.17, 15) is 32.3 Å². The Morgan fingerprint density at radius 3 is 2.42 bits per heavy atom. The Morgan fingerprint density at radius 2 is 1.72 bits per heavy atom. The molecule has 57 heavy (non-hydrogen) atoms. The lowest BCUT2D eigenvalue weighted by Crippen LogP contribution is -2.48. The van der Waals surface area contributed by atoms with E-state index in [4.69, 9.17) is 0 Å². The van der Waals surface area contributed by atoms with Gasteiger partial charge in [0.2, 0.25) is 11.8 Å². The largest absolute Gasteiger partial charge is 0.369 e. The maximum atomic E-state index is 14.5. The maximum Gasteiger partial charge on any atom is 0.329 e. The highest BCUT2D eigenvalue weighted by molar-refractivity contribution is 6.04. The number of hydrogen-bond donors (Lipinski definition) is 2. The number of piperazine rings is 1. The molecule has 1 atom stereocenters. The summed E-state index contributed by atoms with van der Waals surface area (Å²) >= 11 is 0. The van der Waals surface area contributed by atoms with Gasteiger partial charge >= 0.3 is 5.69 Å². The first-order valence-electron chi connectivity index (χ1n) is 19.5. The van der Waals surface area contributed by atoms with Crippen LogP contribution in [0.4, 0.5) is 24.5 Å². The quantitative estimate of drug-likeness (QED) is 0.173. The van der Waals surface area contributed by atoms with Crippen molar-refractivity contribution in [2.75, 3.05) is 42.9 Å². The molecule has 0 spiro atoms. The molecule has 2 aromatic carbocycles. The van der Waals surface area contributed by atoms with Gasteiger partial charge in [0.05, 0.1) is 34.0 Å². The van der Waals surface area contributed by atoms with E-state index in [0.717, 1.165) is 69.6 Å². The summed E-state index contributed by atoms with van der Waals surface area (Å²) < 4.78 is 47.8. The number of nitrogens with one attached hydrogen (secondary N) is 2. The molecular weight excluding hydrogens is 740 g/mol. The number of amides is 3. The monoisotopic (exact) mass is 785 g/mol. The molecule has 0 bridgehead atoms. The number of imidazole rings is 1. The molecule has 3 amide bonds. The number of imide groups is 1. The van der Waals surface area contributed by atoms with Crippen LogP contribution in [-0.2, 0) is 22.3 Å². The lowest BCUT2D eigenvalue weighted by molar-refractivity contribution is -0.135. The van der Waals surface area contributed by atoms with Crippen molar-refractivity contribution in [3.8, 4) is 0 Å². The van der Waals surface area contributed by atoms with Crippen LogP contribution in [0.2, 0.25) is 0 Å². The Balaban J connectivity index is 0.869. The average molecular weight is 786 g/mol. The fourth-order valence-corrected chi connectivity index (χ4v) is 8.59. The van der Waals surface area contributed by atoms with E-state index in [1.807, 2.05) is 29.1 Å². The molecule has 3 fully saturated rings. The number of benzene rings is 2. The molecule has 5 heterocycles. The minimum atomic E-state index is -2.85. The highest BCUT2D eigenvalue weighted by atomic mass is 19.3. The number of hydrogen-bond acceptors (Lipinski definition) is 8. The standard InChI is InChI=1S/C41H46F3N9O4/c1-41(2,44)35-6-4-5-29(45-35)38(55)46-31-19-25-23-52(48-30(25)21-28(31)37(42)43)26-9-7-24(8-10-26)22-50-15-17-51(18-16-50)27-11-12-32-34(20-27)49(3)40(57)53(32)33-13-14-36(54)47-39(33)56/h4-6,11-12,19-21,23-24,26,33,37H,7-10,13-18,22H2,1-3H3,(H,46,55)(H,47,54,56). The molecule has 3 aliphatic rings. The fourth-order valence-electron chi connectivity index (χ4n) is 8.59. The number of alkyl halides is 3. The van der Waals surface area contributed by atoms with Crippen LogP contribution >= 0.6 is 0 Å². The van der Waals surface area contributed by atoms with Crippen LogP contribution in [0.1, 0.15) is 92.6 Å². The molecule has 2 aliphatic heterocycles. The van der Waals surface area contributed by atoms with E-state index in [-0.39, 0.29) is 46.7 Å². The number of rotatable bonds is 9. The summed E-state index contributed by atoms with van der Waals surface area (Å²) in [4.78, 5) is 59.5. The van der Waals surface area contributed by atoms with Crippen molar-refractivity contribution < 1.29 is 27.6 Å². The van der Waals surface area contributed by atoms with Gasteiger partial charge in [-0.05, 0) is 94.3 Å². The van der Waals surface area contributed by atoms with Crippen LogP contribution in [0.3, 0.4) is 0 Å². The molecule has 0 radical (unpaired) electrons. The van der Waals surface area contributed by atoms with Gasteiger partial charge in [0.15, 0.2) is 0 Å². The fraction of sp³-hybridized carbons (Fsp3) is 0.463. The van der Waals surface area contributed by atoms with Gasteiger partial charge in [-0.15, -0.1) is 0 Å². The Bertz CT molecular complexity index is 2420. The summed E-state index contributed by atoms with van der Waals surface area (Å²) in [6, 6.07) is 12.6. The van der Waals surface area contributed by atoms with E-state index in [1.165, 1.54) is 48.7 Å². The van der Waals surface area contributed by atoms with Gasteiger partial charge in [-0.2, -0.15) is 5.10 Å². The number of fused-ring (bicyclic) bond motifs is 2. The normalized spacial score (nSPS) is 21.1. The first-order valence-corrected chi connectivity index (χ1v) is 19.5. The maximum absolute atomic E-state index is 14.5. The summed E-state index contributed by atoms with van der Waals surface area (Å²) in [5.74, 6) is -0.946. The second kappa shape index (κ2) is 15.1. The van der Waals surface area contributed by atoms with Crippen molar-refractivity contribution in [2.24, 2.45) is 13.0 Å². The van der Waals surface area contributed by atoms with Gasteiger partial charge in [0.1, 0.15) is 17.4 Å². The minimum Gasteiger partial charge on any atom is -0.369 e. The van der Waals surface area contributed by atoms with E-state index in [1.54, 1.807) is 11.6 Å². The Kier molecular flexibility index (Phi) is 10.2. The third-order valence-electron chi connectivity index (χ3n) is 11.8. The van der Waals surface area contributed by atoms with Crippen LogP contribution in [0.15, 0.2) is 59.5 Å². The van der Waals surface area contributed by atoms with Gasteiger partial charge in [-0.3, -0.25) is 38.4 Å². The minimum absolute atomic E-state index is 0.0346. The van der Waals surface area contributed by atoms with Crippen LogP contribution < -0.4 is 21.2 Å². The molecule has 2 saturated heterocycles. The molecule has 300 valence electrons. The van der Waals surface area contributed by atoms with Gasteiger partial charge in [0, 0.05) is 69.0 Å². The summed E-state index contributed by atoms with van der Waals surface area (Å²) in [5, 5.41) is 10.2. The zero-order chi connectivity index (χ0) is 40.2. The third-order valence-corrected chi connectivity index (χ3v) is 11.8. The van der Waals surface area contributed by atoms with E-state index < -0.39 is 30.0 Å². The first-order chi connectivity index (χ1) is 27.2. The lowest BCUT2D eigenvalue weighted by atomic mass is 9.85. The number of halogens is 3.